The van der Waals surface area contributed by atoms with E-state index in [9.17, 15) is 4.79 Å². The normalized spacial score (nSPS) is 11.0. The number of hydrogen-bond donors (Lipinski definition) is 2. The van der Waals surface area contributed by atoms with Crippen LogP contribution in [-0.4, -0.2) is 31.2 Å². The van der Waals surface area contributed by atoms with E-state index < -0.39 is 0 Å². The van der Waals surface area contributed by atoms with Gasteiger partial charge in [-0.2, -0.15) is 0 Å². The average Bonchev–Trinajstić information content (AvgIpc) is 2.60. The van der Waals surface area contributed by atoms with Gasteiger partial charge < -0.3 is 14.8 Å². The van der Waals surface area contributed by atoms with Crippen LogP contribution in [0.1, 0.15) is 25.1 Å². The zero-order chi connectivity index (χ0) is 18.4. The molecule has 1 heterocycles. The number of aromatic nitrogens is 1. The number of H-pyrrole nitrogens is 1. The van der Waals surface area contributed by atoms with Crippen molar-refractivity contribution in [3.05, 3.63) is 65.0 Å². The number of pyridine rings is 1. The second kappa shape index (κ2) is 8.67. The van der Waals surface area contributed by atoms with Crippen molar-refractivity contribution in [1.29, 1.82) is 0 Å². The van der Waals surface area contributed by atoms with Crippen LogP contribution in [0.4, 0.5) is 5.69 Å². The zero-order valence-corrected chi connectivity index (χ0v) is 15.7. The summed E-state index contributed by atoms with van der Waals surface area (Å²) >= 11 is 0. The Bertz CT molecular complexity index is 793. The van der Waals surface area contributed by atoms with Crippen LogP contribution in [0.3, 0.4) is 0 Å². The van der Waals surface area contributed by atoms with Crippen molar-refractivity contribution in [1.82, 2.24) is 4.98 Å². The Balaban J connectivity index is 2.51. The lowest BCUT2D eigenvalue weighted by atomic mass is 10.1. The number of nitrogens with zero attached hydrogens (tertiary/aromatic N) is 1. The number of aryl methyl sites for hydroxylation is 1. The van der Waals surface area contributed by atoms with Crippen molar-refractivity contribution < 1.29 is 4.90 Å². The maximum atomic E-state index is 13.1. The lowest BCUT2D eigenvalue weighted by Gasteiger charge is -2.22. The number of rotatable bonds is 9. The maximum absolute atomic E-state index is 13.1. The first kappa shape index (κ1) is 19.0. The highest BCUT2D eigenvalue weighted by molar-refractivity contribution is 5.83. The molecule has 0 fully saturated rings. The predicted octanol–water partition coefficient (Wildman–Crippen LogP) is 2.44. The molecule has 0 saturated heterocycles. The summed E-state index contributed by atoms with van der Waals surface area (Å²) in [6, 6.07) is 6.11. The molecular formula is C21H30N3O+. The first-order valence-electron chi connectivity index (χ1n) is 9.01. The van der Waals surface area contributed by atoms with Gasteiger partial charge in [0.2, 0.25) is 0 Å². The Labute approximate surface area is 150 Å². The lowest BCUT2D eigenvalue weighted by molar-refractivity contribution is -0.902. The molecule has 2 rings (SSSR count). The third-order valence-corrected chi connectivity index (χ3v) is 4.72. The minimum atomic E-state index is 0.130. The molecule has 0 spiro atoms. The van der Waals surface area contributed by atoms with Gasteiger partial charge in [-0.3, -0.25) is 4.79 Å². The molecule has 25 heavy (non-hydrogen) atoms. The van der Waals surface area contributed by atoms with Crippen LogP contribution in [0.25, 0.3) is 10.9 Å². The zero-order valence-electron chi connectivity index (χ0n) is 15.7. The largest absolute Gasteiger partial charge is 0.372 e. The van der Waals surface area contributed by atoms with Crippen molar-refractivity contribution in [3.8, 4) is 0 Å². The Hall–Kier alpha value is -2.33. The second-order valence-corrected chi connectivity index (χ2v) is 6.37. The van der Waals surface area contributed by atoms with Crippen molar-refractivity contribution in [3.63, 3.8) is 0 Å². The van der Waals surface area contributed by atoms with Gasteiger partial charge in [-0.1, -0.05) is 13.2 Å². The Kier molecular flexibility index (Phi) is 6.59. The number of anilines is 1. The highest BCUT2D eigenvalue weighted by atomic mass is 16.1. The molecule has 0 bridgehead atoms. The van der Waals surface area contributed by atoms with E-state index in [-0.39, 0.29) is 5.43 Å². The van der Waals surface area contributed by atoms with Crippen LogP contribution in [0.15, 0.2) is 48.3 Å². The summed E-state index contributed by atoms with van der Waals surface area (Å²) in [6.07, 6.45) is 3.78. The van der Waals surface area contributed by atoms with Crippen LogP contribution >= 0.6 is 0 Å². The van der Waals surface area contributed by atoms with Gasteiger partial charge in [-0.05, 0) is 51.1 Å². The molecule has 4 nitrogen and oxygen atoms in total. The Morgan fingerprint density at radius 2 is 1.80 bits per heavy atom. The first-order valence-corrected chi connectivity index (χ1v) is 9.01. The van der Waals surface area contributed by atoms with E-state index in [4.69, 9.17) is 0 Å². The molecule has 134 valence electrons. The minimum Gasteiger partial charge on any atom is -0.372 e. The molecule has 0 radical (unpaired) electrons. The summed E-state index contributed by atoms with van der Waals surface area (Å²) < 4.78 is 0. The summed E-state index contributed by atoms with van der Waals surface area (Å²) in [7, 11) is 0. The van der Waals surface area contributed by atoms with Gasteiger partial charge in [0.1, 0.15) is 6.54 Å². The van der Waals surface area contributed by atoms with E-state index in [1.54, 1.807) is 0 Å². The van der Waals surface area contributed by atoms with Gasteiger partial charge in [-0.15, -0.1) is 0 Å². The molecule has 2 N–H and O–H groups in total. The van der Waals surface area contributed by atoms with E-state index in [1.165, 1.54) is 4.90 Å². The standard InChI is InChI=1S/C21H29N3O/c1-6-12-23(13-7-2)15-19-16(5)22-20-11-10-17(24(8-3)9-4)14-18(20)21(19)25/h6-7,10-11,14H,1-2,8-9,12-13,15H2,3-5H3,(H,22,25)/p+1. The summed E-state index contributed by atoms with van der Waals surface area (Å²) in [4.78, 5) is 20.1. The molecule has 0 saturated carbocycles. The summed E-state index contributed by atoms with van der Waals surface area (Å²) in [5.41, 5.74) is 3.92. The molecule has 0 amide bonds. The lowest BCUT2D eigenvalue weighted by Crippen LogP contribution is -3.10. The van der Waals surface area contributed by atoms with Gasteiger partial charge in [0.15, 0.2) is 5.43 Å². The highest BCUT2D eigenvalue weighted by Crippen LogP contribution is 2.20. The van der Waals surface area contributed by atoms with Gasteiger partial charge in [-0.25, -0.2) is 0 Å². The van der Waals surface area contributed by atoms with Crippen LogP contribution in [0.5, 0.6) is 0 Å². The molecule has 1 aromatic heterocycles. The molecule has 0 atom stereocenters. The SMILES string of the molecule is C=CC[NH+](CC=C)Cc1c(C)[nH]c2ccc(N(CC)CC)cc2c1=O. The van der Waals surface area contributed by atoms with Crippen LogP contribution in [-0.2, 0) is 6.54 Å². The van der Waals surface area contributed by atoms with E-state index >= 15 is 0 Å². The van der Waals surface area contributed by atoms with Crippen molar-refractivity contribution in [2.75, 3.05) is 31.1 Å². The molecule has 2 aromatic rings. The topological polar surface area (TPSA) is 40.5 Å². The number of benzene rings is 1. The molecule has 4 heteroatoms. The third kappa shape index (κ3) is 4.20. The van der Waals surface area contributed by atoms with Crippen molar-refractivity contribution in [2.45, 2.75) is 27.3 Å². The highest BCUT2D eigenvalue weighted by Gasteiger charge is 2.16. The number of quaternary nitrogens is 1. The number of aromatic amines is 1. The van der Waals surface area contributed by atoms with Crippen LogP contribution in [0.2, 0.25) is 0 Å². The fourth-order valence-electron chi connectivity index (χ4n) is 3.32. The summed E-state index contributed by atoms with van der Waals surface area (Å²) in [5, 5.41) is 0.765. The third-order valence-electron chi connectivity index (χ3n) is 4.72. The maximum Gasteiger partial charge on any atom is 0.198 e. The second-order valence-electron chi connectivity index (χ2n) is 6.37. The number of nitrogens with one attached hydrogen (secondary N) is 2. The van der Waals surface area contributed by atoms with Crippen molar-refractivity contribution >= 4 is 16.6 Å². The number of fused-ring (bicyclic) bond motifs is 1. The van der Waals surface area contributed by atoms with Crippen molar-refractivity contribution in [2.24, 2.45) is 0 Å². The van der Waals surface area contributed by atoms with Crippen LogP contribution in [0, 0.1) is 6.92 Å². The summed E-state index contributed by atoms with van der Waals surface area (Å²) in [6.45, 7) is 18.0. The molecule has 0 aliphatic heterocycles. The van der Waals surface area contributed by atoms with Gasteiger partial charge in [0.25, 0.3) is 0 Å². The average molecular weight is 340 g/mol. The quantitative estimate of drug-likeness (QED) is 0.689. The van der Waals surface area contributed by atoms with E-state index in [1.807, 2.05) is 31.2 Å². The van der Waals surface area contributed by atoms with Gasteiger partial charge in [0, 0.05) is 35.4 Å². The summed E-state index contributed by atoms with van der Waals surface area (Å²) in [5.74, 6) is 0. The molecule has 0 aliphatic rings. The fourth-order valence-corrected chi connectivity index (χ4v) is 3.32. The Morgan fingerprint density at radius 1 is 1.16 bits per heavy atom. The minimum absolute atomic E-state index is 0.130. The smallest absolute Gasteiger partial charge is 0.198 e. The van der Waals surface area contributed by atoms with E-state index in [2.05, 4.69) is 43.0 Å². The first-order chi connectivity index (χ1) is 12.0. The molecular weight excluding hydrogens is 310 g/mol. The fraction of sp³-hybridized carbons (Fsp3) is 0.381. The van der Waals surface area contributed by atoms with E-state index in [0.29, 0.717) is 6.54 Å². The molecule has 0 aliphatic carbocycles. The van der Waals surface area contributed by atoms with Gasteiger partial charge in [0.05, 0.1) is 18.7 Å². The molecule has 0 unspecified atom stereocenters. The van der Waals surface area contributed by atoms with Gasteiger partial charge >= 0.3 is 0 Å². The number of hydrogen-bond acceptors (Lipinski definition) is 2. The molecule has 1 aromatic carbocycles. The monoisotopic (exact) mass is 340 g/mol. The van der Waals surface area contributed by atoms with Crippen LogP contribution < -0.4 is 15.2 Å². The van der Waals surface area contributed by atoms with E-state index in [0.717, 1.165) is 54.0 Å². The predicted molar refractivity (Wildman–Crippen MR) is 108 cm³/mol. The Morgan fingerprint density at radius 3 is 2.36 bits per heavy atom.